The van der Waals surface area contributed by atoms with Crippen LogP contribution in [0.2, 0.25) is 0 Å². The minimum atomic E-state index is -3.59. The fourth-order valence-corrected chi connectivity index (χ4v) is 5.35. The molecule has 0 atom stereocenters. The highest BCUT2D eigenvalue weighted by Crippen LogP contribution is 2.23. The van der Waals surface area contributed by atoms with E-state index in [9.17, 15) is 13.2 Å². The van der Waals surface area contributed by atoms with Crippen LogP contribution in [0.1, 0.15) is 35.8 Å². The van der Waals surface area contributed by atoms with E-state index >= 15 is 0 Å². The molecule has 1 fully saturated rings. The van der Waals surface area contributed by atoms with Crippen molar-refractivity contribution in [1.82, 2.24) is 19.0 Å². The number of nitrogens with zero attached hydrogens (tertiary/aromatic N) is 4. The number of aryl methyl sites for hydroxylation is 1. The molecule has 3 heterocycles. The summed E-state index contributed by atoms with van der Waals surface area (Å²) < 4.78 is 34.6. The van der Waals surface area contributed by atoms with Crippen LogP contribution >= 0.6 is 0 Å². The predicted octanol–water partition coefficient (Wildman–Crippen LogP) is 1.76. The average molecular weight is 419 g/mol. The lowest BCUT2D eigenvalue weighted by Gasteiger charge is -2.34. The molecule has 0 N–H and O–H groups in total. The first-order valence-corrected chi connectivity index (χ1v) is 11.5. The van der Waals surface area contributed by atoms with Gasteiger partial charge in [-0.15, -0.1) is 0 Å². The van der Waals surface area contributed by atoms with Crippen LogP contribution in [-0.2, 0) is 23.0 Å². The molecule has 1 aromatic heterocycles. The van der Waals surface area contributed by atoms with E-state index in [-0.39, 0.29) is 23.9 Å². The Hall–Kier alpha value is -2.39. The molecule has 2 aliphatic rings. The number of piperazine rings is 1. The van der Waals surface area contributed by atoms with E-state index in [1.807, 2.05) is 11.6 Å². The lowest BCUT2D eigenvalue weighted by Crippen LogP contribution is -2.50. The Morgan fingerprint density at radius 2 is 1.79 bits per heavy atom. The zero-order valence-corrected chi connectivity index (χ0v) is 17.4. The molecule has 1 amide bonds. The zero-order chi connectivity index (χ0) is 20.4. The average Bonchev–Trinajstić information content (AvgIpc) is 3.18. The Bertz CT molecular complexity index is 976. The maximum absolute atomic E-state index is 12.9. The van der Waals surface area contributed by atoms with Crippen LogP contribution in [0, 0.1) is 0 Å². The highest BCUT2D eigenvalue weighted by molar-refractivity contribution is 7.89. The van der Waals surface area contributed by atoms with Crippen LogP contribution in [0.5, 0.6) is 5.75 Å². The van der Waals surface area contributed by atoms with Crippen molar-refractivity contribution >= 4 is 15.9 Å². The number of aromatic nitrogens is 2. The molecule has 0 radical (unpaired) electrons. The number of carbonyl (C=O) groups is 1. The van der Waals surface area contributed by atoms with Crippen molar-refractivity contribution in [3.63, 3.8) is 0 Å². The maximum atomic E-state index is 12.9. The Morgan fingerprint density at radius 1 is 1.07 bits per heavy atom. The van der Waals surface area contributed by atoms with Gasteiger partial charge in [0.25, 0.3) is 5.91 Å². The Kier molecular flexibility index (Phi) is 5.60. The van der Waals surface area contributed by atoms with E-state index in [1.54, 1.807) is 35.4 Å². The second kappa shape index (κ2) is 8.16. The van der Waals surface area contributed by atoms with Crippen LogP contribution in [0.15, 0.2) is 35.4 Å². The number of ether oxygens (including phenoxy) is 1. The van der Waals surface area contributed by atoms with Crippen LogP contribution in [0.25, 0.3) is 0 Å². The number of hydrogen-bond acceptors (Lipinski definition) is 5. The summed E-state index contributed by atoms with van der Waals surface area (Å²) in [6.07, 6.45) is 4.68. The highest BCUT2D eigenvalue weighted by Gasteiger charge is 2.32. The first-order valence-electron chi connectivity index (χ1n) is 10.1. The lowest BCUT2D eigenvalue weighted by molar-refractivity contribution is 0.0696. The normalized spacial score (nSPS) is 17.8. The fourth-order valence-electron chi connectivity index (χ4n) is 3.93. The quantitative estimate of drug-likeness (QED) is 0.739. The van der Waals surface area contributed by atoms with Gasteiger partial charge >= 0.3 is 0 Å². The number of hydrogen-bond donors (Lipinski definition) is 0. The molecule has 0 saturated carbocycles. The van der Waals surface area contributed by atoms with Gasteiger partial charge in [-0.2, -0.15) is 9.40 Å². The highest BCUT2D eigenvalue weighted by atomic mass is 32.2. The Balaban J connectivity index is 1.42. The number of rotatable bonds is 5. The molecule has 4 rings (SSSR count). The van der Waals surface area contributed by atoms with Gasteiger partial charge in [-0.3, -0.25) is 9.48 Å². The van der Waals surface area contributed by atoms with E-state index in [1.165, 1.54) is 4.31 Å². The molecular weight excluding hydrogens is 392 g/mol. The van der Waals surface area contributed by atoms with E-state index in [0.29, 0.717) is 31.0 Å². The van der Waals surface area contributed by atoms with Crippen molar-refractivity contribution in [2.24, 2.45) is 0 Å². The molecule has 0 spiro atoms. The summed E-state index contributed by atoms with van der Waals surface area (Å²) in [4.78, 5) is 14.9. The molecule has 156 valence electrons. The van der Waals surface area contributed by atoms with E-state index < -0.39 is 10.0 Å². The molecule has 1 saturated heterocycles. The van der Waals surface area contributed by atoms with Crippen LogP contribution in [0.3, 0.4) is 0 Å². The fraction of sp³-hybridized carbons (Fsp3) is 0.500. The number of amides is 1. The largest absolute Gasteiger partial charge is 0.494 e. The molecule has 0 bridgehead atoms. The van der Waals surface area contributed by atoms with Gasteiger partial charge in [-0.05, 0) is 50.5 Å². The lowest BCUT2D eigenvalue weighted by atomic mass is 10.1. The monoisotopic (exact) mass is 418 g/mol. The van der Waals surface area contributed by atoms with Gasteiger partial charge in [0.2, 0.25) is 10.0 Å². The zero-order valence-electron chi connectivity index (χ0n) is 16.6. The summed E-state index contributed by atoms with van der Waals surface area (Å²) in [5, 5.41) is 4.34. The first kappa shape index (κ1) is 19.9. The smallest absolute Gasteiger partial charge is 0.257 e. The first-order chi connectivity index (χ1) is 14.0. The van der Waals surface area contributed by atoms with Crippen molar-refractivity contribution in [3.05, 3.63) is 41.7 Å². The minimum Gasteiger partial charge on any atom is -0.494 e. The van der Waals surface area contributed by atoms with Gasteiger partial charge in [0.15, 0.2) is 0 Å². The summed E-state index contributed by atoms with van der Waals surface area (Å²) in [6.45, 7) is 4.58. The van der Waals surface area contributed by atoms with Gasteiger partial charge in [0.1, 0.15) is 5.75 Å². The van der Waals surface area contributed by atoms with Gasteiger partial charge in [0, 0.05) is 32.7 Å². The topological polar surface area (TPSA) is 84.7 Å². The second-order valence-corrected chi connectivity index (χ2v) is 9.22. The van der Waals surface area contributed by atoms with Gasteiger partial charge in [-0.25, -0.2) is 8.42 Å². The molecule has 0 unspecified atom stereocenters. The maximum Gasteiger partial charge on any atom is 0.257 e. The number of carbonyl (C=O) groups excluding carboxylic acids is 1. The van der Waals surface area contributed by atoms with Crippen molar-refractivity contribution in [3.8, 4) is 5.75 Å². The Morgan fingerprint density at radius 3 is 2.48 bits per heavy atom. The SMILES string of the molecule is CCOc1ccc(S(=O)(=O)N2CCN(C(=O)c3cnn4c3CCCC4)CC2)cc1. The van der Waals surface area contributed by atoms with E-state index in [4.69, 9.17) is 4.74 Å². The molecule has 1 aromatic carbocycles. The van der Waals surface area contributed by atoms with Crippen LogP contribution < -0.4 is 4.74 Å². The summed E-state index contributed by atoms with van der Waals surface area (Å²) in [6, 6.07) is 6.47. The second-order valence-electron chi connectivity index (χ2n) is 7.29. The summed E-state index contributed by atoms with van der Waals surface area (Å²) in [7, 11) is -3.59. The minimum absolute atomic E-state index is 0.0498. The van der Waals surface area contributed by atoms with Gasteiger partial charge in [-0.1, -0.05) is 0 Å². The molecule has 2 aromatic rings. The van der Waals surface area contributed by atoms with Crippen molar-refractivity contribution in [2.75, 3.05) is 32.8 Å². The summed E-state index contributed by atoms with van der Waals surface area (Å²) >= 11 is 0. The Labute approximate surface area is 171 Å². The van der Waals surface area contributed by atoms with E-state index in [0.717, 1.165) is 31.5 Å². The number of sulfonamides is 1. The third-order valence-corrected chi connectivity index (χ3v) is 7.42. The number of fused-ring (bicyclic) bond motifs is 1. The third kappa shape index (κ3) is 3.89. The molecule has 9 heteroatoms. The molecular formula is C20H26N4O4S. The molecule has 2 aliphatic heterocycles. The van der Waals surface area contributed by atoms with Crippen molar-refractivity contribution < 1.29 is 17.9 Å². The number of benzene rings is 1. The van der Waals surface area contributed by atoms with Gasteiger partial charge in [0.05, 0.1) is 29.0 Å². The van der Waals surface area contributed by atoms with Crippen molar-refractivity contribution in [1.29, 1.82) is 0 Å². The molecule has 0 aliphatic carbocycles. The van der Waals surface area contributed by atoms with Crippen LogP contribution in [0.4, 0.5) is 0 Å². The summed E-state index contributed by atoms with van der Waals surface area (Å²) in [5.41, 5.74) is 1.67. The third-order valence-electron chi connectivity index (χ3n) is 5.51. The molecule has 29 heavy (non-hydrogen) atoms. The van der Waals surface area contributed by atoms with Crippen LogP contribution in [-0.4, -0.2) is 66.1 Å². The van der Waals surface area contributed by atoms with Crippen molar-refractivity contribution in [2.45, 2.75) is 37.6 Å². The standard InChI is InChI=1S/C20H26N4O4S/c1-2-28-16-6-8-17(9-7-16)29(26,27)23-13-11-22(12-14-23)20(25)18-15-21-24-10-4-3-5-19(18)24/h6-9,15H,2-5,10-14H2,1H3. The van der Waals surface area contributed by atoms with Gasteiger partial charge < -0.3 is 9.64 Å². The predicted molar refractivity (Wildman–Crippen MR) is 107 cm³/mol. The van der Waals surface area contributed by atoms with E-state index in [2.05, 4.69) is 5.10 Å². The molecule has 8 nitrogen and oxygen atoms in total. The summed E-state index contributed by atoms with van der Waals surface area (Å²) in [5.74, 6) is 0.595.